The van der Waals surface area contributed by atoms with Crippen LogP contribution in [0.4, 0.5) is 4.39 Å². The van der Waals surface area contributed by atoms with Crippen molar-refractivity contribution >= 4 is 11.9 Å². The van der Waals surface area contributed by atoms with Crippen molar-refractivity contribution < 1.29 is 28.6 Å². The van der Waals surface area contributed by atoms with Crippen molar-refractivity contribution in [1.29, 1.82) is 0 Å². The molecule has 28 heavy (non-hydrogen) atoms. The lowest BCUT2D eigenvalue weighted by atomic mass is 9.97. The summed E-state index contributed by atoms with van der Waals surface area (Å²) >= 11 is 0. The van der Waals surface area contributed by atoms with E-state index in [1.54, 1.807) is 30.3 Å². The van der Waals surface area contributed by atoms with Crippen LogP contribution >= 0.6 is 0 Å². The zero-order chi connectivity index (χ0) is 20.7. The topological polar surface area (TPSA) is 76.1 Å². The van der Waals surface area contributed by atoms with E-state index in [0.717, 1.165) is 5.56 Å². The third kappa shape index (κ3) is 5.97. The molecule has 1 N–H and O–H groups in total. The molecule has 0 spiro atoms. The summed E-state index contributed by atoms with van der Waals surface area (Å²) in [5.41, 5.74) is 1.51. The van der Waals surface area contributed by atoms with Crippen LogP contribution in [0.5, 0.6) is 11.5 Å². The Bertz CT molecular complexity index is 800. The number of amides is 1. The molecular formula is C21H24FNO5. The first-order chi connectivity index (χ1) is 13.3. The Hall–Kier alpha value is -3.09. The van der Waals surface area contributed by atoms with E-state index in [2.05, 4.69) is 0 Å². The molecule has 0 fully saturated rings. The van der Waals surface area contributed by atoms with Gasteiger partial charge in [-0.3, -0.25) is 9.59 Å². The van der Waals surface area contributed by atoms with Crippen LogP contribution in [0.1, 0.15) is 30.4 Å². The third-order valence-electron chi connectivity index (χ3n) is 4.38. The normalized spacial score (nSPS) is 11.6. The van der Waals surface area contributed by atoms with E-state index in [9.17, 15) is 19.1 Å². The fraction of sp³-hybridized carbons (Fsp3) is 0.333. The fourth-order valence-electron chi connectivity index (χ4n) is 2.87. The second kappa shape index (κ2) is 9.73. The van der Waals surface area contributed by atoms with E-state index in [4.69, 9.17) is 9.47 Å². The molecule has 0 aliphatic carbocycles. The lowest BCUT2D eigenvalue weighted by molar-refractivity contribution is -0.145. The molecule has 1 amide bonds. The van der Waals surface area contributed by atoms with Crippen LogP contribution in [0, 0.1) is 5.82 Å². The van der Waals surface area contributed by atoms with Gasteiger partial charge in [0, 0.05) is 19.0 Å². The Morgan fingerprint density at radius 1 is 1.07 bits per heavy atom. The number of hydrogen-bond donors (Lipinski definition) is 1. The van der Waals surface area contributed by atoms with Crippen molar-refractivity contribution in [3.8, 4) is 11.5 Å². The molecule has 0 aliphatic rings. The SMILES string of the molecule is COc1cc(CN(CC(=O)O)C(=O)CC(C)c2ccc(F)cc2)cc(OC)c1. The molecule has 0 bridgehead atoms. The van der Waals surface area contributed by atoms with Crippen molar-refractivity contribution in [2.75, 3.05) is 20.8 Å². The van der Waals surface area contributed by atoms with E-state index in [0.29, 0.717) is 17.1 Å². The molecule has 6 nitrogen and oxygen atoms in total. The van der Waals surface area contributed by atoms with Gasteiger partial charge in [0.05, 0.1) is 14.2 Å². The number of ether oxygens (including phenoxy) is 2. The first-order valence-electron chi connectivity index (χ1n) is 8.79. The quantitative estimate of drug-likeness (QED) is 0.711. The maximum Gasteiger partial charge on any atom is 0.323 e. The van der Waals surface area contributed by atoms with E-state index in [-0.39, 0.29) is 30.6 Å². The van der Waals surface area contributed by atoms with Gasteiger partial charge in [-0.25, -0.2) is 4.39 Å². The highest BCUT2D eigenvalue weighted by molar-refractivity contribution is 5.82. The van der Waals surface area contributed by atoms with Gasteiger partial charge in [0.15, 0.2) is 0 Å². The first-order valence-corrected chi connectivity index (χ1v) is 8.79. The third-order valence-corrected chi connectivity index (χ3v) is 4.38. The second-order valence-corrected chi connectivity index (χ2v) is 6.52. The first kappa shape index (κ1) is 21.2. The van der Waals surface area contributed by atoms with Gasteiger partial charge in [-0.15, -0.1) is 0 Å². The van der Waals surface area contributed by atoms with E-state index in [1.807, 2.05) is 6.92 Å². The summed E-state index contributed by atoms with van der Waals surface area (Å²) < 4.78 is 23.5. The number of benzene rings is 2. The van der Waals surface area contributed by atoms with Crippen molar-refractivity contribution in [3.63, 3.8) is 0 Å². The van der Waals surface area contributed by atoms with Gasteiger partial charge in [-0.05, 0) is 41.3 Å². The largest absolute Gasteiger partial charge is 0.497 e. The maximum atomic E-state index is 13.1. The molecular weight excluding hydrogens is 365 g/mol. The zero-order valence-electron chi connectivity index (χ0n) is 16.1. The number of methoxy groups -OCH3 is 2. The van der Waals surface area contributed by atoms with Gasteiger partial charge in [-0.1, -0.05) is 19.1 Å². The smallest absolute Gasteiger partial charge is 0.323 e. The molecule has 0 heterocycles. The Balaban J connectivity index is 2.17. The average Bonchev–Trinajstić information content (AvgIpc) is 2.67. The van der Waals surface area contributed by atoms with Gasteiger partial charge < -0.3 is 19.5 Å². The van der Waals surface area contributed by atoms with Crippen LogP contribution in [-0.2, 0) is 16.1 Å². The van der Waals surface area contributed by atoms with Gasteiger partial charge in [0.25, 0.3) is 0 Å². The lowest BCUT2D eigenvalue weighted by Gasteiger charge is -2.23. The number of carboxylic acids is 1. The summed E-state index contributed by atoms with van der Waals surface area (Å²) in [7, 11) is 3.03. The van der Waals surface area contributed by atoms with E-state index in [1.165, 1.54) is 31.3 Å². The summed E-state index contributed by atoms with van der Waals surface area (Å²) in [4.78, 5) is 25.3. The van der Waals surface area contributed by atoms with Gasteiger partial charge in [0.2, 0.25) is 5.91 Å². The molecule has 0 aliphatic heterocycles. The van der Waals surface area contributed by atoms with Crippen molar-refractivity contribution in [2.24, 2.45) is 0 Å². The fourth-order valence-corrected chi connectivity index (χ4v) is 2.87. The highest BCUT2D eigenvalue weighted by Gasteiger charge is 2.21. The number of aliphatic carboxylic acids is 1. The molecule has 0 aromatic heterocycles. The predicted octanol–water partition coefficient (Wildman–Crippen LogP) is 3.45. The average molecular weight is 389 g/mol. The van der Waals surface area contributed by atoms with Gasteiger partial charge >= 0.3 is 5.97 Å². The van der Waals surface area contributed by atoms with Crippen LogP contribution in [0.3, 0.4) is 0 Å². The number of carbonyl (C=O) groups excluding carboxylic acids is 1. The van der Waals surface area contributed by atoms with Gasteiger partial charge in [0.1, 0.15) is 23.9 Å². The predicted molar refractivity (Wildman–Crippen MR) is 102 cm³/mol. The van der Waals surface area contributed by atoms with E-state index >= 15 is 0 Å². The van der Waals surface area contributed by atoms with Gasteiger partial charge in [-0.2, -0.15) is 0 Å². The molecule has 7 heteroatoms. The molecule has 1 unspecified atom stereocenters. The Morgan fingerprint density at radius 2 is 1.64 bits per heavy atom. The molecule has 2 aromatic carbocycles. The highest BCUT2D eigenvalue weighted by atomic mass is 19.1. The van der Waals surface area contributed by atoms with Crippen LogP contribution in [0.15, 0.2) is 42.5 Å². The van der Waals surface area contributed by atoms with Crippen molar-refractivity contribution in [1.82, 2.24) is 4.90 Å². The zero-order valence-corrected chi connectivity index (χ0v) is 16.1. The minimum atomic E-state index is -1.10. The number of carboxylic acid groups (broad SMARTS) is 1. The summed E-state index contributed by atoms with van der Waals surface area (Å²) in [6.07, 6.45) is 0.111. The van der Waals surface area contributed by atoms with E-state index < -0.39 is 12.5 Å². The number of nitrogens with zero attached hydrogens (tertiary/aromatic N) is 1. The van der Waals surface area contributed by atoms with Crippen LogP contribution in [0.25, 0.3) is 0 Å². The molecule has 0 radical (unpaired) electrons. The van der Waals surface area contributed by atoms with Crippen molar-refractivity contribution in [3.05, 3.63) is 59.4 Å². The molecule has 2 rings (SSSR count). The molecule has 1 atom stereocenters. The Labute approximate surface area is 163 Å². The maximum absolute atomic E-state index is 13.1. The number of halogens is 1. The van der Waals surface area contributed by atoms with Crippen LogP contribution < -0.4 is 9.47 Å². The minimum Gasteiger partial charge on any atom is -0.497 e. The summed E-state index contributed by atoms with van der Waals surface area (Å²) in [6, 6.07) is 11.1. The minimum absolute atomic E-state index is 0.106. The summed E-state index contributed by atoms with van der Waals surface area (Å²) in [5.74, 6) is -0.821. The van der Waals surface area contributed by atoms with Crippen LogP contribution in [0.2, 0.25) is 0 Å². The number of carbonyl (C=O) groups is 2. The van der Waals surface area contributed by atoms with Crippen molar-refractivity contribution in [2.45, 2.75) is 25.8 Å². The highest BCUT2D eigenvalue weighted by Crippen LogP contribution is 2.25. The Morgan fingerprint density at radius 3 is 2.14 bits per heavy atom. The van der Waals surface area contributed by atoms with Crippen LogP contribution in [-0.4, -0.2) is 42.6 Å². The lowest BCUT2D eigenvalue weighted by Crippen LogP contribution is -2.35. The summed E-state index contributed by atoms with van der Waals surface area (Å²) in [5, 5.41) is 9.21. The second-order valence-electron chi connectivity index (χ2n) is 6.52. The molecule has 0 saturated heterocycles. The number of rotatable bonds is 9. The number of hydrogen-bond acceptors (Lipinski definition) is 4. The molecule has 150 valence electrons. The molecule has 2 aromatic rings. The monoisotopic (exact) mass is 389 g/mol. The summed E-state index contributed by atoms with van der Waals surface area (Å²) in [6.45, 7) is 1.53. The Kier molecular flexibility index (Phi) is 7.37. The molecule has 0 saturated carbocycles. The standard InChI is InChI=1S/C21H24FNO5/c1-14(16-4-6-17(22)7-5-16)8-20(24)23(13-21(25)26)12-15-9-18(27-2)11-19(10-15)28-3/h4-7,9-11,14H,8,12-13H2,1-3H3,(H,25,26).